The van der Waals surface area contributed by atoms with Gasteiger partial charge in [-0.05, 0) is 25.0 Å². The quantitative estimate of drug-likeness (QED) is 0.668. The van der Waals surface area contributed by atoms with Crippen LogP contribution in [-0.2, 0) is 6.18 Å². The molecule has 0 spiro atoms. The molecule has 0 fully saturated rings. The zero-order chi connectivity index (χ0) is 17.2. The maximum Gasteiger partial charge on any atom is 0.452 e. The molecule has 2 aromatic heterocycles. The highest BCUT2D eigenvalue weighted by atomic mass is 19.4. The molecule has 124 valence electrons. The van der Waals surface area contributed by atoms with Gasteiger partial charge in [-0.1, -0.05) is 12.1 Å². The molecule has 9 heteroatoms. The molecule has 1 aromatic carbocycles. The Kier molecular flexibility index (Phi) is 4.20. The van der Waals surface area contributed by atoms with E-state index in [-0.39, 0.29) is 23.7 Å². The molecule has 2 heterocycles. The van der Waals surface area contributed by atoms with E-state index in [1.54, 1.807) is 18.2 Å². The van der Waals surface area contributed by atoms with Crippen molar-refractivity contribution >= 4 is 16.7 Å². The van der Waals surface area contributed by atoms with Crippen molar-refractivity contribution < 1.29 is 17.9 Å². The van der Waals surface area contributed by atoms with Crippen LogP contribution < -0.4 is 4.74 Å². The minimum Gasteiger partial charge on any atom is -0.475 e. The van der Waals surface area contributed by atoms with Crippen LogP contribution >= 0.6 is 0 Å². The molecule has 0 radical (unpaired) electrons. The Labute approximate surface area is 134 Å². The Morgan fingerprint density at radius 1 is 1.17 bits per heavy atom. The van der Waals surface area contributed by atoms with Gasteiger partial charge in [-0.15, -0.1) is 10.2 Å². The fourth-order valence-corrected chi connectivity index (χ4v) is 2.31. The predicted molar refractivity (Wildman–Crippen MR) is 78.2 cm³/mol. The highest BCUT2D eigenvalue weighted by Crippen LogP contribution is 2.32. The minimum atomic E-state index is -4.65. The van der Waals surface area contributed by atoms with E-state index in [4.69, 9.17) is 10.00 Å². The molecular weight excluding hydrogens is 323 g/mol. The third-order valence-corrected chi connectivity index (χ3v) is 3.37. The van der Waals surface area contributed by atoms with Crippen LogP contribution in [0.5, 0.6) is 5.88 Å². The van der Waals surface area contributed by atoms with E-state index < -0.39 is 12.0 Å². The molecule has 0 aliphatic heterocycles. The Morgan fingerprint density at radius 2 is 1.96 bits per heavy atom. The average molecular weight is 335 g/mol. The number of fused-ring (bicyclic) bond motifs is 3. The topological polar surface area (TPSA) is 76.1 Å². The normalized spacial score (nSPS) is 11.8. The lowest BCUT2D eigenvalue weighted by molar-refractivity contribution is -0.145. The first-order chi connectivity index (χ1) is 11.5. The summed E-state index contributed by atoms with van der Waals surface area (Å²) in [5.74, 6) is -1.13. The Morgan fingerprint density at radius 3 is 2.71 bits per heavy atom. The van der Waals surface area contributed by atoms with Crippen molar-refractivity contribution in [2.45, 2.75) is 25.4 Å². The van der Waals surface area contributed by atoms with Crippen molar-refractivity contribution in [2.24, 2.45) is 0 Å². The number of nitrogens with zero attached hydrogens (tertiary/aromatic N) is 5. The van der Waals surface area contributed by atoms with Gasteiger partial charge in [0.1, 0.15) is 0 Å². The number of alkyl halides is 3. The predicted octanol–water partition coefficient (Wildman–Crippen LogP) is 3.37. The fraction of sp³-hybridized carbons (Fsp3) is 0.333. The number of para-hydroxylation sites is 2. The minimum absolute atomic E-state index is 0.00587. The summed E-state index contributed by atoms with van der Waals surface area (Å²) in [6.45, 7) is 0.233. The van der Waals surface area contributed by atoms with E-state index in [2.05, 4.69) is 15.2 Å². The molecule has 0 unspecified atom stereocenters. The number of aromatic nitrogens is 4. The van der Waals surface area contributed by atoms with Gasteiger partial charge in [-0.3, -0.25) is 4.40 Å². The van der Waals surface area contributed by atoms with E-state index in [1.807, 2.05) is 6.07 Å². The molecule has 0 saturated carbocycles. The van der Waals surface area contributed by atoms with Crippen LogP contribution in [-0.4, -0.2) is 26.2 Å². The molecule has 0 N–H and O–H groups in total. The smallest absolute Gasteiger partial charge is 0.452 e. The lowest BCUT2D eigenvalue weighted by atomic mass is 10.2. The van der Waals surface area contributed by atoms with Crippen molar-refractivity contribution in [2.75, 3.05) is 6.61 Å². The van der Waals surface area contributed by atoms with Gasteiger partial charge in [-0.25, -0.2) is 4.98 Å². The van der Waals surface area contributed by atoms with Crippen LogP contribution in [0.3, 0.4) is 0 Å². The van der Waals surface area contributed by atoms with Crippen molar-refractivity contribution in [1.82, 2.24) is 19.6 Å². The highest BCUT2D eigenvalue weighted by Gasteiger charge is 2.38. The van der Waals surface area contributed by atoms with Gasteiger partial charge in [-0.2, -0.15) is 18.4 Å². The standard InChI is InChI=1S/C15H12F3N5O/c16-15(17,18)14-22-21-12-13(24-9-5-1-4-8-19)20-10-6-2-3-7-11(10)23(12)14/h2-3,6-7H,1,4-5,9H2. The first-order valence-corrected chi connectivity index (χ1v) is 7.23. The van der Waals surface area contributed by atoms with Gasteiger partial charge in [0, 0.05) is 6.42 Å². The number of nitriles is 1. The number of halogens is 3. The molecule has 24 heavy (non-hydrogen) atoms. The largest absolute Gasteiger partial charge is 0.475 e. The Balaban J connectivity index is 2.06. The zero-order valence-corrected chi connectivity index (χ0v) is 12.4. The van der Waals surface area contributed by atoms with Gasteiger partial charge in [0.05, 0.1) is 23.7 Å². The molecular formula is C15H12F3N5O. The molecule has 0 saturated heterocycles. The average Bonchev–Trinajstić information content (AvgIpc) is 3.00. The van der Waals surface area contributed by atoms with Gasteiger partial charge in [0.15, 0.2) is 0 Å². The maximum absolute atomic E-state index is 13.2. The lowest BCUT2D eigenvalue weighted by Crippen LogP contribution is -2.12. The number of unbranched alkanes of at least 4 members (excludes halogenated alkanes) is 2. The first-order valence-electron chi connectivity index (χ1n) is 7.23. The molecule has 3 aromatic rings. The molecule has 3 rings (SSSR count). The van der Waals surface area contributed by atoms with E-state index in [0.29, 0.717) is 24.8 Å². The number of rotatable bonds is 5. The van der Waals surface area contributed by atoms with Crippen molar-refractivity contribution in [3.8, 4) is 11.9 Å². The van der Waals surface area contributed by atoms with Gasteiger partial charge < -0.3 is 4.74 Å². The van der Waals surface area contributed by atoms with Crippen LogP contribution in [0.1, 0.15) is 25.1 Å². The van der Waals surface area contributed by atoms with Crippen LogP contribution in [0.25, 0.3) is 16.7 Å². The molecule has 0 amide bonds. The molecule has 0 bridgehead atoms. The second-order valence-corrected chi connectivity index (χ2v) is 5.05. The number of ether oxygens (including phenoxy) is 1. The SMILES string of the molecule is N#CCCCCOc1nc2ccccc2n2c(C(F)(F)F)nnc12. The van der Waals surface area contributed by atoms with Gasteiger partial charge in [0.2, 0.25) is 11.5 Å². The van der Waals surface area contributed by atoms with Gasteiger partial charge in [0.25, 0.3) is 5.88 Å². The van der Waals surface area contributed by atoms with Gasteiger partial charge >= 0.3 is 6.18 Å². The Bertz CT molecular complexity index is 913. The number of hydrogen-bond donors (Lipinski definition) is 0. The summed E-state index contributed by atoms with van der Waals surface area (Å²) in [5.41, 5.74) is 0.519. The fourth-order valence-electron chi connectivity index (χ4n) is 2.31. The van der Waals surface area contributed by atoms with Crippen LogP contribution in [0.15, 0.2) is 24.3 Å². The lowest BCUT2D eigenvalue weighted by Gasteiger charge is -2.10. The van der Waals surface area contributed by atoms with E-state index in [1.165, 1.54) is 6.07 Å². The molecule has 0 aliphatic rings. The van der Waals surface area contributed by atoms with Crippen LogP contribution in [0.4, 0.5) is 13.2 Å². The summed E-state index contributed by atoms with van der Waals surface area (Å²) in [6.07, 6.45) is -3.02. The van der Waals surface area contributed by atoms with Crippen LogP contribution in [0, 0.1) is 11.3 Å². The van der Waals surface area contributed by atoms with E-state index in [9.17, 15) is 13.2 Å². The van der Waals surface area contributed by atoms with Crippen LogP contribution in [0.2, 0.25) is 0 Å². The number of benzene rings is 1. The molecule has 0 atom stereocenters. The van der Waals surface area contributed by atoms with Crippen molar-refractivity contribution in [3.05, 3.63) is 30.1 Å². The van der Waals surface area contributed by atoms with Crippen molar-refractivity contribution in [3.63, 3.8) is 0 Å². The highest BCUT2D eigenvalue weighted by molar-refractivity contribution is 5.79. The summed E-state index contributed by atoms with van der Waals surface area (Å²) >= 11 is 0. The zero-order valence-electron chi connectivity index (χ0n) is 12.4. The van der Waals surface area contributed by atoms with E-state index >= 15 is 0 Å². The van der Waals surface area contributed by atoms with Crippen molar-refractivity contribution in [1.29, 1.82) is 5.26 Å². The third kappa shape index (κ3) is 2.95. The Hall–Kier alpha value is -2.89. The summed E-state index contributed by atoms with van der Waals surface area (Å²) in [7, 11) is 0. The third-order valence-electron chi connectivity index (χ3n) is 3.37. The second kappa shape index (κ2) is 6.31. The second-order valence-electron chi connectivity index (χ2n) is 5.05. The first kappa shape index (κ1) is 16.0. The summed E-state index contributed by atoms with van der Waals surface area (Å²) < 4.78 is 46.0. The summed E-state index contributed by atoms with van der Waals surface area (Å²) in [5, 5.41) is 15.4. The summed E-state index contributed by atoms with van der Waals surface area (Å²) in [4.78, 5) is 4.24. The summed E-state index contributed by atoms with van der Waals surface area (Å²) in [6, 6.07) is 8.42. The molecule has 6 nitrogen and oxygen atoms in total. The number of hydrogen-bond acceptors (Lipinski definition) is 5. The monoisotopic (exact) mass is 335 g/mol. The maximum atomic E-state index is 13.2. The molecule has 0 aliphatic carbocycles. The van der Waals surface area contributed by atoms with E-state index in [0.717, 1.165) is 4.40 Å².